The number of fused-ring (bicyclic) bond motifs is 4. The zero-order chi connectivity index (χ0) is 31.4. The average molecular weight is 701 g/mol. The second-order valence-electron chi connectivity index (χ2n) is 13.4. The predicted molar refractivity (Wildman–Crippen MR) is 189 cm³/mol. The van der Waals surface area contributed by atoms with Crippen LogP contribution >= 0.6 is 17.0 Å². The topological polar surface area (TPSA) is 0 Å². The van der Waals surface area contributed by atoms with Gasteiger partial charge >= 0.3 is 37.9 Å². The Balaban J connectivity index is 0.000000217. The number of aryl methyl sites for hydroxylation is 2. The zero-order valence-corrected chi connectivity index (χ0v) is 31.7. The molecule has 5 aromatic rings. The van der Waals surface area contributed by atoms with Crippen LogP contribution in [0, 0.1) is 13.0 Å². The van der Waals surface area contributed by atoms with E-state index >= 15 is 0 Å². The predicted octanol–water partition coefficient (Wildman–Crippen LogP) is 10.6. The third-order valence-electron chi connectivity index (χ3n) is 7.93. The zero-order valence-electron chi connectivity index (χ0n) is 26.8. The van der Waals surface area contributed by atoms with Crippen LogP contribution in [-0.2, 0) is 38.1 Å². The smallest absolute Gasteiger partial charge is 0.0920 e. The monoisotopic (exact) mass is 698 g/mol. The Kier molecular flexibility index (Phi) is 11.5. The molecular formula is C39H42Cl2SiZr. The van der Waals surface area contributed by atoms with Crippen molar-refractivity contribution in [1.82, 2.24) is 0 Å². The van der Waals surface area contributed by atoms with Gasteiger partial charge in [0.1, 0.15) is 0 Å². The molecule has 0 N–H and O–H groups in total. The van der Waals surface area contributed by atoms with E-state index in [2.05, 4.69) is 140 Å². The van der Waals surface area contributed by atoms with Crippen molar-refractivity contribution in [2.75, 3.05) is 0 Å². The van der Waals surface area contributed by atoms with Crippen molar-refractivity contribution in [1.29, 1.82) is 0 Å². The van der Waals surface area contributed by atoms with Crippen LogP contribution in [0.3, 0.4) is 0 Å². The van der Waals surface area contributed by atoms with Gasteiger partial charge in [0.25, 0.3) is 0 Å². The van der Waals surface area contributed by atoms with Crippen molar-refractivity contribution < 1.29 is 20.8 Å². The molecule has 0 saturated carbocycles. The van der Waals surface area contributed by atoms with E-state index < -0.39 is 20.8 Å². The van der Waals surface area contributed by atoms with Gasteiger partial charge in [-0.05, 0) is 33.9 Å². The van der Waals surface area contributed by atoms with E-state index in [0.717, 1.165) is 15.9 Å². The molecule has 1 aliphatic heterocycles. The fourth-order valence-corrected chi connectivity index (χ4v) is 6.97. The molecule has 5 aromatic carbocycles. The minimum Gasteiger partial charge on any atom is -0.184 e. The van der Waals surface area contributed by atoms with E-state index in [-0.39, 0.29) is 10.8 Å². The Morgan fingerprint density at radius 1 is 0.814 bits per heavy atom. The van der Waals surface area contributed by atoms with Crippen molar-refractivity contribution >= 4 is 47.7 Å². The maximum atomic E-state index is 4.93. The molecular weight excluding hydrogens is 659 g/mol. The summed E-state index contributed by atoms with van der Waals surface area (Å²) in [6.45, 7) is 18.4. The third-order valence-corrected chi connectivity index (χ3v) is 9.30. The SMILES string of the molecule is CCCc1ccc2[cH-]c(C)cc2c1-c1cc(C(C)(C)C)cc(C(C)(C)C)c1.[Cl][Zr+2][Cl].[c-]1cccc2c1[Si]c1ccccc1-2. The molecule has 0 fully saturated rings. The van der Waals surface area contributed by atoms with Crippen molar-refractivity contribution in [2.45, 2.75) is 79.1 Å². The fraction of sp³-hybridized carbons (Fsp3) is 0.308. The van der Waals surface area contributed by atoms with Gasteiger partial charge in [0, 0.05) is 0 Å². The minimum absolute atomic E-state index is 0.136. The van der Waals surface area contributed by atoms with Gasteiger partial charge in [-0.25, -0.2) is 0 Å². The van der Waals surface area contributed by atoms with Crippen molar-refractivity contribution in [3.05, 3.63) is 113 Å². The molecule has 6 rings (SSSR count). The van der Waals surface area contributed by atoms with Crippen molar-refractivity contribution in [2.24, 2.45) is 0 Å². The van der Waals surface area contributed by atoms with Crippen LogP contribution < -0.4 is 10.4 Å². The van der Waals surface area contributed by atoms with Gasteiger partial charge in [0.2, 0.25) is 0 Å². The molecule has 1 heterocycles. The van der Waals surface area contributed by atoms with Gasteiger partial charge in [0.15, 0.2) is 0 Å². The first-order valence-corrected chi connectivity index (χ1v) is 22.4. The fourth-order valence-electron chi connectivity index (χ4n) is 5.66. The molecule has 1 aliphatic rings. The minimum atomic E-state index is -0.826. The van der Waals surface area contributed by atoms with Gasteiger partial charge in [-0.2, -0.15) is 35.5 Å². The third kappa shape index (κ3) is 8.26. The van der Waals surface area contributed by atoms with Gasteiger partial charge in [-0.3, -0.25) is 0 Å². The molecule has 0 saturated heterocycles. The molecule has 0 atom stereocenters. The second-order valence-corrected chi connectivity index (χ2v) is 18.4. The molecule has 43 heavy (non-hydrogen) atoms. The van der Waals surface area contributed by atoms with Gasteiger partial charge < -0.3 is 0 Å². The van der Waals surface area contributed by atoms with E-state index in [4.69, 9.17) is 17.0 Å². The standard InChI is InChI=1S/C27H35.C12H7Si.2ClH.Zr/c1-9-10-19-11-12-20-13-18(2)14-24(20)25(19)21-15-22(26(3,4)5)17-23(16-21)27(6,7)8;1-3-7-11-9(5-1)10-6-2-4-8-12(10)13-11;;;/h11-17H,9-10H2,1-8H3;1-7H;2*1H;/q2*-1;;;+4/p-2. The molecule has 0 amide bonds. The maximum absolute atomic E-state index is 4.93. The van der Waals surface area contributed by atoms with Crippen LogP contribution in [0.15, 0.2) is 84.9 Å². The first kappa shape index (κ1) is 34.1. The number of halogens is 2. The van der Waals surface area contributed by atoms with Crippen LogP contribution in [0.1, 0.15) is 77.1 Å². The largest absolute Gasteiger partial charge is 0.184 e. The van der Waals surface area contributed by atoms with E-state index in [1.54, 1.807) is 0 Å². The number of hydrogen-bond acceptors (Lipinski definition) is 0. The number of benzene rings is 4. The first-order valence-electron chi connectivity index (χ1n) is 15.1. The summed E-state index contributed by atoms with van der Waals surface area (Å²) in [4.78, 5) is 0. The van der Waals surface area contributed by atoms with E-state index in [1.165, 1.54) is 72.1 Å². The molecule has 4 heteroatoms. The molecule has 2 radical (unpaired) electrons. The van der Waals surface area contributed by atoms with E-state index in [0.29, 0.717) is 0 Å². The Morgan fingerprint density at radius 2 is 1.44 bits per heavy atom. The normalized spacial score (nSPS) is 12.0. The molecule has 0 aromatic heterocycles. The van der Waals surface area contributed by atoms with Gasteiger partial charge in [-0.15, -0.1) is 40.1 Å². The summed E-state index contributed by atoms with van der Waals surface area (Å²) in [6, 6.07) is 34.8. The summed E-state index contributed by atoms with van der Waals surface area (Å²) in [5.74, 6) is 0. The van der Waals surface area contributed by atoms with Crippen LogP contribution in [-0.4, -0.2) is 9.52 Å². The van der Waals surface area contributed by atoms with E-state index in [9.17, 15) is 0 Å². The summed E-state index contributed by atoms with van der Waals surface area (Å²) in [5, 5.41) is 5.59. The Bertz CT molecular complexity index is 1610. The summed E-state index contributed by atoms with van der Waals surface area (Å²) in [7, 11) is 10.7. The molecule has 220 valence electrons. The van der Waals surface area contributed by atoms with Crippen LogP contribution in [0.5, 0.6) is 0 Å². The summed E-state index contributed by atoms with van der Waals surface area (Å²) in [6.07, 6.45) is 2.30. The summed E-state index contributed by atoms with van der Waals surface area (Å²) >= 11 is -0.826. The maximum Gasteiger partial charge on any atom is 0.0920 e. The number of rotatable bonds is 3. The van der Waals surface area contributed by atoms with Crippen molar-refractivity contribution in [3.8, 4) is 22.3 Å². The second kappa shape index (κ2) is 14.5. The van der Waals surface area contributed by atoms with Gasteiger partial charge in [-0.1, -0.05) is 126 Å². The van der Waals surface area contributed by atoms with Gasteiger partial charge in [0.05, 0.1) is 9.52 Å². The summed E-state index contributed by atoms with van der Waals surface area (Å²) < 4.78 is 0. The summed E-state index contributed by atoms with van der Waals surface area (Å²) in [5.41, 5.74) is 11.5. The van der Waals surface area contributed by atoms with Crippen molar-refractivity contribution in [3.63, 3.8) is 0 Å². The molecule has 0 nitrogen and oxygen atoms in total. The molecule has 0 bridgehead atoms. The Labute approximate surface area is 281 Å². The quantitative estimate of drug-likeness (QED) is 0.127. The van der Waals surface area contributed by atoms with E-state index in [1.807, 2.05) is 6.07 Å². The van der Waals surface area contributed by atoms with Crippen LogP contribution in [0.25, 0.3) is 33.0 Å². The number of hydrogen-bond donors (Lipinski definition) is 0. The Morgan fingerprint density at radius 3 is 2.07 bits per heavy atom. The molecule has 0 unspecified atom stereocenters. The molecule has 0 spiro atoms. The first-order chi connectivity index (χ1) is 20.4. The van der Waals surface area contributed by atoms with Crippen LogP contribution in [0.4, 0.5) is 0 Å². The molecule has 0 aliphatic carbocycles. The average Bonchev–Trinajstić information content (AvgIpc) is 3.52. The Hall–Kier alpha value is -1.83. The van der Waals surface area contributed by atoms with Crippen LogP contribution in [0.2, 0.25) is 0 Å².